The molecule has 1 amide bonds. The maximum atomic E-state index is 12.0. The number of rotatable bonds is 5. The molecule has 18 heavy (non-hydrogen) atoms. The van der Waals surface area contributed by atoms with E-state index >= 15 is 0 Å². The molecule has 0 aromatic heterocycles. The van der Waals surface area contributed by atoms with Gasteiger partial charge in [0.2, 0.25) is 5.91 Å². The molecule has 0 aliphatic rings. The van der Waals surface area contributed by atoms with Crippen LogP contribution in [0.15, 0.2) is 30.3 Å². The quantitative estimate of drug-likeness (QED) is 0.802. The maximum Gasteiger partial charge on any atom is 0.232 e. The van der Waals surface area contributed by atoms with E-state index in [2.05, 4.69) is 24.4 Å². The number of nitrogens with one attached hydrogen (secondary N) is 1. The first-order valence-electron chi connectivity index (χ1n) is 5.99. The molecular formula is C14H20N2OS. The van der Waals surface area contributed by atoms with Gasteiger partial charge in [0.1, 0.15) is 0 Å². The minimum Gasteiger partial charge on any atom is -0.392 e. The third-order valence-electron chi connectivity index (χ3n) is 3.12. The van der Waals surface area contributed by atoms with Crippen LogP contribution in [0.1, 0.15) is 32.3 Å². The van der Waals surface area contributed by atoms with Crippen molar-refractivity contribution in [3.8, 4) is 0 Å². The third-order valence-corrected chi connectivity index (χ3v) is 3.63. The zero-order valence-electron chi connectivity index (χ0n) is 11.1. The number of benzene rings is 1. The maximum absolute atomic E-state index is 12.0. The van der Waals surface area contributed by atoms with Gasteiger partial charge in [-0.3, -0.25) is 4.79 Å². The molecule has 1 aromatic rings. The Hall–Kier alpha value is -1.42. The molecule has 0 saturated carbocycles. The Morgan fingerprint density at radius 3 is 2.44 bits per heavy atom. The largest absolute Gasteiger partial charge is 0.392 e. The minimum absolute atomic E-state index is 0.127. The summed E-state index contributed by atoms with van der Waals surface area (Å²) in [7, 11) is 0. The molecule has 98 valence electrons. The van der Waals surface area contributed by atoms with Gasteiger partial charge in [0.05, 0.1) is 10.4 Å². The van der Waals surface area contributed by atoms with Gasteiger partial charge in [-0.25, -0.2) is 0 Å². The second kappa shape index (κ2) is 5.96. The molecule has 3 N–H and O–H groups in total. The molecule has 0 saturated heterocycles. The van der Waals surface area contributed by atoms with Crippen molar-refractivity contribution in [1.29, 1.82) is 0 Å². The topological polar surface area (TPSA) is 55.1 Å². The lowest BCUT2D eigenvalue weighted by molar-refractivity contribution is -0.126. The molecule has 0 radical (unpaired) electrons. The van der Waals surface area contributed by atoms with Gasteiger partial charge in [-0.15, -0.1) is 0 Å². The summed E-state index contributed by atoms with van der Waals surface area (Å²) < 4.78 is 0. The predicted molar refractivity (Wildman–Crippen MR) is 78.4 cm³/mol. The Kier molecular flexibility index (Phi) is 4.84. The van der Waals surface area contributed by atoms with Crippen molar-refractivity contribution in [3.05, 3.63) is 35.9 Å². The molecule has 0 heterocycles. The van der Waals surface area contributed by atoms with Crippen LogP contribution in [0.5, 0.6) is 0 Å². The van der Waals surface area contributed by atoms with Crippen molar-refractivity contribution in [2.45, 2.75) is 26.7 Å². The van der Waals surface area contributed by atoms with Crippen molar-refractivity contribution in [1.82, 2.24) is 5.32 Å². The average molecular weight is 264 g/mol. The van der Waals surface area contributed by atoms with E-state index in [1.165, 1.54) is 5.56 Å². The lowest BCUT2D eigenvalue weighted by atomic mass is 9.92. The molecule has 1 unspecified atom stereocenters. The van der Waals surface area contributed by atoms with E-state index in [4.69, 9.17) is 18.0 Å². The zero-order valence-corrected chi connectivity index (χ0v) is 11.9. The van der Waals surface area contributed by atoms with E-state index in [1.54, 1.807) is 13.8 Å². The standard InChI is InChI=1S/C14H20N2OS/c1-10(11-7-5-4-6-8-11)9-16-13(17)14(2,3)12(15)18/h4-8,10H,9H2,1-3H3,(H2,15,18)(H,16,17). The first kappa shape index (κ1) is 14.6. The normalized spacial score (nSPS) is 12.8. The highest BCUT2D eigenvalue weighted by Crippen LogP contribution is 2.17. The fraction of sp³-hybridized carbons (Fsp3) is 0.429. The van der Waals surface area contributed by atoms with Crippen molar-refractivity contribution in [2.24, 2.45) is 11.1 Å². The Morgan fingerprint density at radius 2 is 1.94 bits per heavy atom. The fourth-order valence-electron chi connectivity index (χ4n) is 1.48. The van der Waals surface area contributed by atoms with E-state index in [9.17, 15) is 4.79 Å². The van der Waals surface area contributed by atoms with Crippen LogP contribution >= 0.6 is 12.2 Å². The summed E-state index contributed by atoms with van der Waals surface area (Å²) in [6.45, 7) is 6.12. The van der Waals surface area contributed by atoms with Gasteiger partial charge in [-0.1, -0.05) is 49.5 Å². The summed E-state index contributed by atoms with van der Waals surface area (Å²) in [5.74, 6) is 0.134. The average Bonchev–Trinajstić information content (AvgIpc) is 2.36. The summed E-state index contributed by atoms with van der Waals surface area (Å²) >= 11 is 4.90. The lowest BCUT2D eigenvalue weighted by Crippen LogP contribution is -2.45. The fourth-order valence-corrected chi connectivity index (χ4v) is 1.57. The highest BCUT2D eigenvalue weighted by atomic mass is 32.1. The van der Waals surface area contributed by atoms with Crippen molar-refractivity contribution in [3.63, 3.8) is 0 Å². The summed E-state index contributed by atoms with van der Waals surface area (Å²) in [5, 5.41) is 2.90. The molecule has 0 aliphatic heterocycles. The molecular weight excluding hydrogens is 244 g/mol. The highest BCUT2D eigenvalue weighted by molar-refractivity contribution is 7.80. The van der Waals surface area contributed by atoms with E-state index in [-0.39, 0.29) is 16.8 Å². The first-order valence-corrected chi connectivity index (χ1v) is 6.39. The third kappa shape index (κ3) is 3.53. The predicted octanol–water partition coefficient (Wildman–Crippen LogP) is 2.22. The summed E-state index contributed by atoms with van der Waals surface area (Å²) in [4.78, 5) is 12.2. The number of carbonyl (C=O) groups is 1. The summed E-state index contributed by atoms with van der Waals surface area (Å²) in [5.41, 5.74) is 5.96. The van der Waals surface area contributed by atoms with Crippen LogP contribution in [0.2, 0.25) is 0 Å². The molecule has 3 nitrogen and oxygen atoms in total. The molecule has 0 aliphatic carbocycles. The van der Waals surface area contributed by atoms with E-state index in [1.807, 2.05) is 18.2 Å². The first-order chi connectivity index (χ1) is 8.35. The molecule has 1 atom stereocenters. The van der Waals surface area contributed by atoms with Gasteiger partial charge in [-0.2, -0.15) is 0 Å². The second-order valence-corrected chi connectivity index (χ2v) is 5.45. The SMILES string of the molecule is CC(CNC(=O)C(C)(C)C(N)=S)c1ccccc1. The van der Waals surface area contributed by atoms with Crippen LogP contribution < -0.4 is 11.1 Å². The van der Waals surface area contributed by atoms with E-state index < -0.39 is 5.41 Å². The summed E-state index contributed by atoms with van der Waals surface area (Å²) in [6, 6.07) is 10.1. The van der Waals surface area contributed by atoms with Crippen LogP contribution in [0.25, 0.3) is 0 Å². The second-order valence-electron chi connectivity index (χ2n) is 5.01. The Labute approximate surface area is 114 Å². The van der Waals surface area contributed by atoms with Gasteiger partial charge in [-0.05, 0) is 25.3 Å². The number of thiocarbonyl (C=S) groups is 1. The molecule has 4 heteroatoms. The molecule has 1 aromatic carbocycles. The van der Waals surface area contributed by atoms with Crippen LogP contribution in [0.3, 0.4) is 0 Å². The van der Waals surface area contributed by atoms with Gasteiger partial charge in [0.15, 0.2) is 0 Å². The van der Waals surface area contributed by atoms with Crippen molar-refractivity contribution in [2.75, 3.05) is 6.54 Å². The number of carbonyl (C=O) groups excluding carboxylic acids is 1. The van der Waals surface area contributed by atoms with E-state index in [0.29, 0.717) is 6.54 Å². The van der Waals surface area contributed by atoms with Crippen molar-refractivity contribution >= 4 is 23.1 Å². The van der Waals surface area contributed by atoms with E-state index in [0.717, 1.165) is 0 Å². The van der Waals surface area contributed by atoms with Gasteiger partial charge in [0, 0.05) is 6.54 Å². The molecule has 0 bridgehead atoms. The molecule has 1 rings (SSSR count). The van der Waals surface area contributed by atoms with Crippen LogP contribution in [-0.2, 0) is 4.79 Å². The number of nitrogens with two attached hydrogens (primary N) is 1. The summed E-state index contributed by atoms with van der Waals surface area (Å²) in [6.07, 6.45) is 0. The Balaban J connectivity index is 2.56. The molecule has 0 spiro atoms. The zero-order chi connectivity index (χ0) is 13.8. The lowest BCUT2D eigenvalue weighted by Gasteiger charge is -2.23. The number of hydrogen-bond acceptors (Lipinski definition) is 2. The minimum atomic E-state index is -0.800. The van der Waals surface area contributed by atoms with Gasteiger partial charge < -0.3 is 11.1 Å². The Morgan fingerprint density at radius 1 is 1.39 bits per heavy atom. The number of hydrogen-bond donors (Lipinski definition) is 2. The number of amides is 1. The Bertz CT molecular complexity index is 429. The van der Waals surface area contributed by atoms with Crippen LogP contribution in [0.4, 0.5) is 0 Å². The molecule has 0 fully saturated rings. The smallest absolute Gasteiger partial charge is 0.232 e. The van der Waals surface area contributed by atoms with Gasteiger partial charge in [0.25, 0.3) is 0 Å². The van der Waals surface area contributed by atoms with Crippen LogP contribution in [0, 0.1) is 5.41 Å². The highest BCUT2D eigenvalue weighted by Gasteiger charge is 2.30. The van der Waals surface area contributed by atoms with Crippen molar-refractivity contribution < 1.29 is 4.79 Å². The van der Waals surface area contributed by atoms with Gasteiger partial charge >= 0.3 is 0 Å². The monoisotopic (exact) mass is 264 g/mol. The van der Waals surface area contributed by atoms with Crippen LogP contribution in [-0.4, -0.2) is 17.4 Å².